The zero-order valence-corrected chi connectivity index (χ0v) is 9.77. The molecule has 2 unspecified atom stereocenters. The molecule has 1 saturated carbocycles. The molecule has 3 aliphatic rings. The molecule has 0 radical (unpaired) electrons. The average Bonchev–Trinajstić information content (AvgIpc) is 2.12. The first-order valence-electron chi connectivity index (χ1n) is 5.98. The molecule has 1 heteroatoms. The maximum Gasteiger partial charge on any atom is 0.0130 e. The van der Waals surface area contributed by atoms with Crippen LogP contribution in [0.3, 0.4) is 0 Å². The first-order valence-corrected chi connectivity index (χ1v) is 5.98. The molecule has 0 aromatic carbocycles. The average molecular weight is 193 g/mol. The standard InChI is InChI=1S/C13H23N/c1-13(2)7-6-11-5-4-10(9-13)8-12(11)14-3/h9,11-12,14H,4-8H2,1-3H3/b10-9+. The maximum atomic E-state index is 3.49. The third kappa shape index (κ3) is 2.03. The smallest absolute Gasteiger partial charge is 0.0130 e. The van der Waals surface area contributed by atoms with Crippen LogP contribution in [-0.4, -0.2) is 13.1 Å². The highest BCUT2D eigenvalue weighted by atomic mass is 14.9. The molecule has 0 aliphatic heterocycles. The zero-order chi connectivity index (χ0) is 10.2. The van der Waals surface area contributed by atoms with Crippen molar-refractivity contribution in [2.75, 3.05) is 7.05 Å². The summed E-state index contributed by atoms with van der Waals surface area (Å²) in [6, 6.07) is 0.756. The molecule has 1 N–H and O–H groups in total. The number of hydrogen-bond acceptors (Lipinski definition) is 1. The fourth-order valence-corrected chi connectivity index (χ4v) is 3.12. The third-order valence-corrected chi connectivity index (χ3v) is 4.01. The summed E-state index contributed by atoms with van der Waals surface area (Å²) in [5.41, 5.74) is 2.15. The molecule has 80 valence electrons. The highest BCUT2D eigenvalue weighted by molar-refractivity contribution is 5.15. The quantitative estimate of drug-likeness (QED) is 0.631. The Morgan fingerprint density at radius 1 is 1.36 bits per heavy atom. The van der Waals surface area contributed by atoms with Gasteiger partial charge in [-0.1, -0.05) is 25.5 Å². The fraction of sp³-hybridized carbons (Fsp3) is 0.846. The molecule has 0 aromatic rings. The molecule has 0 aromatic heterocycles. The summed E-state index contributed by atoms with van der Waals surface area (Å²) in [6.45, 7) is 4.77. The molecule has 0 saturated heterocycles. The summed E-state index contributed by atoms with van der Waals surface area (Å²) in [5, 5.41) is 3.49. The van der Waals surface area contributed by atoms with E-state index in [1.165, 1.54) is 32.1 Å². The third-order valence-electron chi connectivity index (χ3n) is 4.01. The number of nitrogens with one attached hydrogen (secondary N) is 1. The summed E-state index contributed by atoms with van der Waals surface area (Å²) in [5.74, 6) is 0.928. The van der Waals surface area contributed by atoms with Gasteiger partial charge in [-0.2, -0.15) is 0 Å². The van der Waals surface area contributed by atoms with Gasteiger partial charge in [-0.25, -0.2) is 0 Å². The minimum absolute atomic E-state index is 0.451. The molecule has 2 atom stereocenters. The molecule has 3 aliphatic carbocycles. The highest BCUT2D eigenvalue weighted by Gasteiger charge is 2.31. The second-order valence-corrected chi connectivity index (χ2v) is 5.73. The number of hydrogen-bond donors (Lipinski definition) is 1. The van der Waals surface area contributed by atoms with E-state index in [4.69, 9.17) is 0 Å². The van der Waals surface area contributed by atoms with Crippen LogP contribution in [-0.2, 0) is 0 Å². The Balaban J connectivity index is 2.21. The molecular weight excluding hydrogens is 170 g/mol. The predicted octanol–water partition coefficient (Wildman–Crippen LogP) is 3.12. The van der Waals surface area contributed by atoms with Crippen LogP contribution >= 0.6 is 0 Å². The molecular formula is C13H23N. The van der Waals surface area contributed by atoms with Gasteiger partial charge in [0, 0.05) is 6.04 Å². The summed E-state index contributed by atoms with van der Waals surface area (Å²) >= 11 is 0. The molecule has 14 heavy (non-hydrogen) atoms. The largest absolute Gasteiger partial charge is 0.316 e. The van der Waals surface area contributed by atoms with Crippen molar-refractivity contribution < 1.29 is 0 Å². The van der Waals surface area contributed by atoms with Crippen molar-refractivity contribution in [3.63, 3.8) is 0 Å². The maximum absolute atomic E-state index is 3.49. The van der Waals surface area contributed by atoms with Gasteiger partial charge in [-0.05, 0) is 50.5 Å². The topological polar surface area (TPSA) is 12.0 Å². The Morgan fingerprint density at radius 2 is 2.14 bits per heavy atom. The Morgan fingerprint density at radius 3 is 2.86 bits per heavy atom. The predicted molar refractivity (Wildman–Crippen MR) is 61.3 cm³/mol. The van der Waals surface area contributed by atoms with E-state index in [0.29, 0.717) is 5.41 Å². The lowest BCUT2D eigenvalue weighted by Crippen LogP contribution is -2.38. The van der Waals surface area contributed by atoms with Gasteiger partial charge in [0.25, 0.3) is 0 Å². The lowest BCUT2D eigenvalue weighted by molar-refractivity contribution is 0.243. The van der Waals surface area contributed by atoms with E-state index in [1.54, 1.807) is 5.57 Å². The van der Waals surface area contributed by atoms with Crippen LogP contribution in [0.5, 0.6) is 0 Å². The summed E-state index contributed by atoms with van der Waals surface area (Å²) < 4.78 is 0. The highest BCUT2D eigenvalue weighted by Crippen LogP contribution is 2.40. The number of rotatable bonds is 1. The zero-order valence-electron chi connectivity index (χ0n) is 9.77. The summed E-state index contributed by atoms with van der Waals surface area (Å²) in [7, 11) is 2.12. The Hall–Kier alpha value is -0.300. The van der Waals surface area contributed by atoms with Gasteiger partial charge >= 0.3 is 0 Å². The lowest BCUT2D eigenvalue weighted by Gasteiger charge is -2.38. The van der Waals surface area contributed by atoms with Gasteiger partial charge in [-0.3, -0.25) is 0 Å². The van der Waals surface area contributed by atoms with Gasteiger partial charge in [0.15, 0.2) is 0 Å². The molecule has 0 spiro atoms. The Labute approximate surface area is 88.0 Å². The number of allylic oxidation sites excluding steroid dienone is 1. The normalized spacial score (nSPS) is 39.8. The van der Waals surface area contributed by atoms with Gasteiger partial charge in [0.05, 0.1) is 0 Å². The minimum atomic E-state index is 0.451. The Bertz CT molecular complexity index is 240. The van der Waals surface area contributed by atoms with Crippen LogP contribution in [0.4, 0.5) is 0 Å². The molecule has 2 bridgehead atoms. The molecule has 1 nitrogen and oxygen atoms in total. The monoisotopic (exact) mass is 193 g/mol. The van der Waals surface area contributed by atoms with E-state index in [1.807, 2.05) is 0 Å². The van der Waals surface area contributed by atoms with Gasteiger partial charge in [0.2, 0.25) is 0 Å². The molecule has 0 heterocycles. The van der Waals surface area contributed by atoms with Crippen LogP contribution in [0.2, 0.25) is 0 Å². The van der Waals surface area contributed by atoms with Crippen molar-refractivity contribution >= 4 is 0 Å². The lowest BCUT2D eigenvalue weighted by atomic mass is 9.70. The van der Waals surface area contributed by atoms with Crippen molar-refractivity contribution in [1.82, 2.24) is 5.32 Å². The fourth-order valence-electron chi connectivity index (χ4n) is 3.12. The van der Waals surface area contributed by atoms with Crippen molar-refractivity contribution in [3.05, 3.63) is 11.6 Å². The van der Waals surface area contributed by atoms with Crippen LogP contribution < -0.4 is 5.32 Å². The van der Waals surface area contributed by atoms with E-state index in [9.17, 15) is 0 Å². The second kappa shape index (κ2) is 3.69. The minimum Gasteiger partial charge on any atom is -0.316 e. The van der Waals surface area contributed by atoms with Crippen LogP contribution in [0.25, 0.3) is 0 Å². The van der Waals surface area contributed by atoms with Crippen molar-refractivity contribution in [2.24, 2.45) is 11.3 Å². The van der Waals surface area contributed by atoms with E-state index in [2.05, 4.69) is 32.3 Å². The van der Waals surface area contributed by atoms with E-state index in [-0.39, 0.29) is 0 Å². The molecule has 3 rings (SSSR count). The van der Waals surface area contributed by atoms with Crippen LogP contribution in [0.15, 0.2) is 11.6 Å². The summed E-state index contributed by atoms with van der Waals surface area (Å²) in [4.78, 5) is 0. The van der Waals surface area contributed by atoms with E-state index in [0.717, 1.165) is 12.0 Å². The first kappa shape index (κ1) is 10.2. The second-order valence-electron chi connectivity index (χ2n) is 5.73. The van der Waals surface area contributed by atoms with Crippen molar-refractivity contribution in [2.45, 2.75) is 52.0 Å². The SMILES string of the molecule is CNC1C/C2=C/C(C)(C)CCC1CC2. The molecule has 1 fully saturated rings. The van der Waals surface area contributed by atoms with Crippen LogP contribution in [0, 0.1) is 11.3 Å². The Kier molecular flexibility index (Phi) is 2.70. The van der Waals surface area contributed by atoms with Gasteiger partial charge in [0.1, 0.15) is 0 Å². The van der Waals surface area contributed by atoms with E-state index >= 15 is 0 Å². The number of fused-ring (bicyclic) bond motifs is 5. The molecule has 0 amide bonds. The van der Waals surface area contributed by atoms with E-state index < -0.39 is 0 Å². The van der Waals surface area contributed by atoms with Gasteiger partial charge in [-0.15, -0.1) is 0 Å². The van der Waals surface area contributed by atoms with Crippen molar-refractivity contribution in [1.29, 1.82) is 0 Å². The van der Waals surface area contributed by atoms with Crippen molar-refractivity contribution in [3.8, 4) is 0 Å². The van der Waals surface area contributed by atoms with Gasteiger partial charge < -0.3 is 5.32 Å². The summed E-state index contributed by atoms with van der Waals surface area (Å²) in [6.07, 6.45) is 9.37. The first-order chi connectivity index (χ1) is 6.61. The van der Waals surface area contributed by atoms with Crippen LogP contribution in [0.1, 0.15) is 46.0 Å².